The van der Waals surface area contributed by atoms with Gasteiger partial charge in [-0.3, -0.25) is 9.59 Å². The zero-order valence-electron chi connectivity index (χ0n) is 14.4. The lowest BCUT2D eigenvalue weighted by Gasteiger charge is -2.25. The van der Waals surface area contributed by atoms with E-state index >= 15 is 0 Å². The highest BCUT2D eigenvalue weighted by atomic mass is 16.4. The lowest BCUT2D eigenvalue weighted by Crippen LogP contribution is -2.43. The largest absolute Gasteiger partial charge is 0.480 e. The molecule has 0 aliphatic rings. The van der Waals surface area contributed by atoms with Crippen LogP contribution in [0.3, 0.4) is 0 Å². The third kappa shape index (κ3) is 6.68. The lowest BCUT2D eigenvalue weighted by molar-refractivity contribution is -0.145. The minimum Gasteiger partial charge on any atom is -0.480 e. The smallest absolute Gasteiger partial charge is 0.323 e. The number of benzene rings is 1. The van der Waals surface area contributed by atoms with Crippen LogP contribution in [-0.4, -0.2) is 59.0 Å². The van der Waals surface area contributed by atoms with Crippen LogP contribution in [0.1, 0.15) is 25.8 Å². The third-order valence-corrected chi connectivity index (χ3v) is 3.47. The Morgan fingerprint density at radius 1 is 1.17 bits per heavy atom. The van der Waals surface area contributed by atoms with Crippen LogP contribution >= 0.6 is 0 Å². The number of amides is 3. The van der Waals surface area contributed by atoms with Crippen molar-refractivity contribution in [3.63, 3.8) is 0 Å². The Morgan fingerprint density at radius 3 is 2.33 bits per heavy atom. The molecule has 7 heteroatoms. The van der Waals surface area contributed by atoms with Crippen molar-refractivity contribution in [2.45, 2.75) is 32.9 Å². The Morgan fingerprint density at radius 2 is 1.79 bits per heavy atom. The van der Waals surface area contributed by atoms with Gasteiger partial charge < -0.3 is 20.2 Å². The first-order valence-electron chi connectivity index (χ1n) is 7.85. The topological polar surface area (TPSA) is 90.0 Å². The van der Waals surface area contributed by atoms with Gasteiger partial charge in [-0.2, -0.15) is 0 Å². The number of carboxylic acid groups (broad SMARTS) is 1. The summed E-state index contributed by atoms with van der Waals surface area (Å²) in [6, 6.07) is 9.10. The maximum Gasteiger partial charge on any atom is 0.323 e. The van der Waals surface area contributed by atoms with Gasteiger partial charge in [-0.15, -0.1) is 0 Å². The fourth-order valence-corrected chi connectivity index (χ4v) is 2.19. The molecule has 0 radical (unpaired) electrons. The van der Waals surface area contributed by atoms with E-state index < -0.39 is 5.97 Å². The number of carboxylic acids is 1. The number of nitrogens with zero attached hydrogens (tertiary/aromatic N) is 2. The quantitative estimate of drug-likeness (QED) is 0.754. The number of carbonyl (C=O) groups is 3. The Kier molecular flexibility index (Phi) is 7.74. The van der Waals surface area contributed by atoms with E-state index in [1.54, 1.807) is 20.9 Å². The standard InChI is InChI=1S/C17H25N3O4/c1-13(2)20(12-16(22)23)15(21)9-10-18-17(24)19(3)11-14-7-5-4-6-8-14/h4-8,13H,9-12H2,1-3H3,(H,18,24)(H,22,23). The van der Waals surface area contributed by atoms with Crippen LogP contribution < -0.4 is 5.32 Å². The highest BCUT2D eigenvalue weighted by molar-refractivity contribution is 5.82. The van der Waals surface area contributed by atoms with E-state index in [0.29, 0.717) is 6.54 Å². The maximum absolute atomic E-state index is 12.1. The van der Waals surface area contributed by atoms with E-state index in [1.165, 1.54) is 9.80 Å². The highest BCUT2D eigenvalue weighted by Crippen LogP contribution is 2.03. The molecule has 3 amide bonds. The molecule has 1 rings (SSSR count). The summed E-state index contributed by atoms with van der Waals surface area (Å²) >= 11 is 0. The van der Waals surface area contributed by atoms with E-state index in [9.17, 15) is 14.4 Å². The summed E-state index contributed by atoms with van der Waals surface area (Å²) in [5.41, 5.74) is 1.01. The van der Waals surface area contributed by atoms with Gasteiger partial charge in [0, 0.05) is 32.6 Å². The van der Waals surface area contributed by atoms with Gasteiger partial charge in [0.05, 0.1) is 0 Å². The summed E-state index contributed by atoms with van der Waals surface area (Å²) in [5.74, 6) is -1.35. The summed E-state index contributed by atoms with van der Waals surface area (Å²) in [4.78, 5) is 37.7. The summed E-state index contributed by atoms with van der Waals surface area (Å²) in [6.45, 7) is 3.82. The predicted molar refractivity (Wildman–Crippen MR) is 90.4 cm³/mol. The summed E-state index contributed by atoms with van der Waals surface area (Å²) < 4.78 is 0. The molecule has 0 aliphatic carbocycles. The fourth-order valence-electron chi connectivity index (χ4n) is 2.19. The van der Waals surface area contributed by atoms with Crippen LogP contribution in [0.4, 0.5) is 4.79 Å². The average Bonchev–Trinajstić information content (AvgIpc) is 2.52. The molecule has 0 spiro atoms. The van der Waals surface area contributed by atoms with Crippen molar-refractivity contribution in [1.82, 2.24) is 15.1 Å². The second-order valence-electron chi connectivity index (χ2n) is 5.83. The molecule has 132 valence electrons. The number of rotatable bonds is 8. The number of hydrogen-bond acceptors (Lipinski definition) is 3. The van der Waals surface area contributed by atoms with Crippen molar-refractivity contribution in [2.24, 2.45) is 0 Å². The molecule has 1 aromatic rings. The van der Waals surface area contributed by atoms with Crippen LogP contribution in [0.25, 0.3) is 0 Å². The fraction of sp³-hybridized carbons (Fsp3) is 0.471. The van der Waals surface area contributed by atoms with E-state index in [4.69, 9.17) is 5.11 Å². The first-order valence-corrected chi connectivity index (χ1v) is 7.85. The van der Waals surface area contributed by atoms with Crippen LogP contribution in [-0.2, 0) is 16.1 Å². The van der Waals surface area contributed by atoms with E-state index in [2.05, 4.69) is 5.32 Å². The zero-order chi connectivity index (χ0) is 18.1. The average molecular weight is 335 g/mol. The minimum atomic E-state index is -1.05. The minimum absolute atomic E-state index is 0.0659. The zero-order valence-corrected chi connectivity index (χ0v) is 14.4. The van der Waals surface area contributed by atoms with E-state index in [0.717, 1.165) is 5.56 Å². The second kappa shape index (κ2) is 9.54. The molecule has 0 unspecified atom stereocenters. The van der Waals surface area contributed by atoms with Crippen LogP contribution in [0.15, 0.2) is 30.3 Å². The molecule has 0 saturated carbocycles. The first-order chi connectivity index (χ1) is 11.3. The second-order valence-corrected chi connectivity index (χ2v) is 5.83. The van der Waals surface area contributed by atoms with Crippen LogP contribution in [0.5, 0.6) is 0 Å². The molecule has 0 heterocycles. The predicted octanol–water partition coefficient (Wildman–Crippen LogP) is 1.54. The molecular formula is C17H25N3O4. The van der Waals surface area contributed by atoms with Crippen LogP contribution in [0.2, 0.25) is 0 Å². The molecule has 0 saturated heterocycles. The van der Waals surface area contributed by atoms with Crippen molar-refractivity contribution in [1.29, 1.82) is 0 Å². The molecular weight excluding hydrogens is 310 g/mol. The van der Waals surface area contributed by atoms with Crippen molar-refractivity contribution in [3.05, 3.63) is 35.9 Å². The monoisotopic (exact) mass is 335 g/mol. The highest BCUT2D eigenvalue weighted by Gasteiger charge is 2.19. The van der Waals surface area contributed by atoms with E-state index in [-0.39, 0.29) is 37.5 Å². The molecule has 7 nitrogen and oxygen atoms in total. The normalized spacial score (nSPS) is 10.3. The molecule has 0 aliphatic heterocycles. The van der Waals surface area contributed by atoms with Gasteiger partial charge in [-0.25, -0.2) is 4.79 Å². The molecule has 24 heavy (non-hydrogen) atoms. The number of nitrogens with one attached hydrogen (secondary N) is 1. The number of urea groups is 1. The molecule has 1 aromatic carbocycles. The molecule has 0 bridgehead atoms. The van der Waals surface area contributed by atoms with Gasteiger partial charge in [0.1, 0.15) is 6.54 Å². The maximum atomic E-state index is 12.1. The van der Waals surface area contributed by atoms with Gasteiger partial charge in [0.15, 0.2) is 0 Å². The van der Waals surface area contributed by atoms with Gasteiger partial charge in [0.2, 0.25) is 5.91 Å². The molecule has 2 N–H and O–H groups in total. The SMILES string of the molecule is CC(C)N(CC(=O)O)C(=O)CCNC(=O)N(C)Cc1ccccc1. The lowest BCUT2D eigenvalue weighted by atomic mass is 10.2. The Bertz CT molecular complexity index is 560. The first kappa shape index (κ1) is 19.5. The van der Waals surface area contributed by atoms with Crippen molar-refractivity contribution >= 4 is 17.9 Å². The summed E-state index contributed by atoms with van der Waals surface area (Å²) in [6.07, 6.45) is 0.0659. The number of aliphatic carboxylic acids is 1. The molecule has 0 aromatic heterocycles. The summed E-state index contributed by atoms with van der Waals surface area (Å²) in [5, 5.41) is 11.5. The van der Waals surface area contributed by atoms with Crippen molar-refractivity contribution < 1.29 is 19.5 Å². The van der Waals surface area contributed by atoms with Crippen LogP contribution in [0, 0.1) is 0 Å². The number of hydrogen-bond donors (Lipinski definition) is 2. The third-order valence-electron chi connectivity index (χ3n) is 3.47. The van der Waals surface area contributed by atoms with Gasteiger partial charge in [-0.1, -0.05) is 30.3 Å². The molecule has 0 atom stereocenters. The van der Waals surface area contributed by atoms with E-state index in [1.807, 2.05) is 30.3 Å². The Hall–Kier alpha value is -2.57. The van der Waals surface area contributed by atoms with Gasteiger partial charge >= 0.3 is 12.0 Å². The number of carbonyl (C=O) groups excluding carboxylic acids is 2. The van der Waals surface area contributed by atoms with Gasteiger partial charge in [0.25, 0.3) is 0 Å². The van der Waals surface area contributed by atoms with Crippen molar-refractivity contribution in [3.8, 4) is 0 Å². The van der Waals surface area contributed by atoms with Crippen molar-refractivity contribution in [2.75, 3.05) is 20.1 Å². The molecule has 0 fully saturated rings. The Balaban J connectivity index is 2.40. The summed E-state index contributed by atoms with van der Waals surface area (Å²) in [7, 11) is 1.68. The van der Waals surface area contributed by atoms with Gasteiger partial charge in [-0.05, 0) is 19.4 Å². The Labute approximate surface area is 142 Å².